The molecule has 8 heteroatoms. The molecule has 0 spiro atoms. The van der Waals surface area contributed by atoms with Crippen molar-refractivity contribution in [3.63, 3.8) is 0 Å². The topological polar surface area (TPSA) is 79.5 Å². The van der Waals surface area contributed by atoms with Gasteiger partial charge in [-0.15, -0.1) is 12.4 Å². The zero-order valence-corrected chi connectivity index (χ0v) is 14.8. The highest BCUT2D eigenvalue weighted by Gasteiger charge is 2.25. The van der Waals surface area contributed by atoms with Crippen LogP contribution in [0.25, 0.3) is 0 Å². The van der Waals surface area contributed by atoms with Gasteiger partial charge in [0, 0.05) is 43.9 Å². The highest BCUT2D eigenvalue weighted by molar-refractivity contribution is 5.94. The summed E-state index contributed by atoms with van der Waals surface area (Å²) in [5, 5.41) is 10.6. The number of rotatable bonds is 4. The van der Waals surface area contributed by atoms with Gasteiger partial charge in [0.25, 0.3) is 5.91 Å². The fourth-order valence-corrected chi connectivity index (χ4v) is 3.14. The van der Waals surface area contributed by atoms with Crippen LogP contribution in [0.2, 0.25) is 0 Å². The third-order valence-electron chi connectivity index (χ3n) is 4.49. The summed E-state index contributed by atoms with van der Waals surface area (Å²) in [7, 11) is 0. The number of benzene rings is 1. The Morgan fingerprint density at radius 1 is 1.32 bits per heavy atom. The summed E-state index contributed by atoms with van der Waals surface area (Å²) in [6.07, 6.45) is 0.879. The van der Waals surface area contributed by atoms with Crippen molar-refractivity contribution in [3.05, 3.63) is 40.7 Å². The number of hydrogen-bond donors (Lipinski definition) is 2. The van der Waals surface area contributed by atoms with Crippen molar-refractivity contribution < 1.29 is 14.3 Å². The number of nitrogens with zero attached hydrogens (tertiary/aromatic N) is 2. The van der Waals surface area contributed by atoms with Crippen LogP contribution >= 0.6 is 12.4 Å². The second kappa shape index (κ2) is 7.33. The highest BCUT2D eigenvalue weighted by atomic mass is 35.5. The zero-order valence-electron chi connectivity index (χ0n) is 14.0. The molecule has 0 saturated carbocycles. The summed E-state index contributed by atoms with van der Waals surface area (Å²) < 4.78 is 10.7. The number of carbonyl (C=O) groups is 1. The van der Waals surface area contributed by atoms with Gasteiger partial charge in [-0.2, -0.15) is 5.10 Å². The Morgan fingerprint density at radius 3 is 3.00 bits per heavy atom. The van der Waals surface area contributed by atoms with Crippen molar-refractivity contribution in [2.45, 2.75) is 26.4 Å². The maximum absolute atomic E-state index is 12.9. The number of ether oxygens (including phenoxy) is 2. The van der Waals surface area contributed by atoms with Crippen LogP contribution in [-0.2, 0) is 19.5 Å². The number of fused-ring (bicyclic) bond motifs is 2. The van der Waals surface area contributed by atoms with Crippen molar-refractivity contribution in [3.8, 4) is 11.5 Å². The molecule has 25 heavy (non-hydrogen) atoms. The Hall–Kier alpha value is -2.25. The van der Waals surface area contributed by atoms with Gasteiger partial charge >= 0.3 is 0 Å². The molecule has 7 nitrogen and oxygen atoms in total. The molecular weight excluding hydrogens is 344 g/mol. The molecule has 1 amide bonds. The molecule has 0 saturated heterocycles. The quantitative estimate of drug-likeness (QED) is 0.865. The van der Waals surface area contributed by atoms with E-state index in [1.165, 1.54) is 0 Å². The van der Waals surface area contributed by atoms with Crippen molar-refractivity contribution in [2.75, 3.05) is 19.9 Å². The summed E-state index contributed by atoms with van der Waals surface area (Å²) in [6.45, 7) is 4.96. The number of aromatic amines is 1. The molecule has 2 aliphatic rings. The van der Waals surface area contributed by atoms with Gasteiger partial charge in [-0.3, -0.25) is 9.89 Å². The van der Waals surface area contributed by atoms with Gasteiger partial charge in [0.15, 0.2) is 17.2 Å². The molecule has 0 radical (unpaired) electrons. The largest absolute Gasteiger partial charge is 0.454 e. The van der Waals surface area contributed by atoms with Crippen LogP contribution in [-0.4, -0.2) is 40.9 Å². The standard InChI is InChI=1S/C17H20N4O3.ClH/c1-2-21(9-11-3-4-14-15(7-11)24-10-23-14)17(22)16-12-8-18-6-5-13(12)19-20-16;/h3-4,7,18H,2,5-6,8-10H2,1H3,(H,19,20);1H. The minimum atomic E-state index is -0.0450. The second-order valence-electron chi connectivity index (χ2n) is 5.96. The van der Waals surface area contributed by atoms with Crippen molar-refractivity contribution >= 4 is 18.3 Å². The van der Waals surface area contributed by atoms with Crippen LogP contribution in [0.3, 0.4) is 0 Å². The first kappa shape index (κ1) is 17.6. The Kier molecular flexibility index (Phi) is 5.15. The van der Waals surface area contributed by atoms with Crippen LogP contribution < -0.4 is 14.8 Å². The van der Waals surface area contributed by atoms with E-state index in [-0.39, 0.29) is 25.1 Å². The van der Waals surface area contributed by atoms with E-state index in [0.717, 1.165) is 41.3 Å². The van der Waals surface area contributed by atoms with Crippen LogP contribution in [0.5, 0.6) is 11.5 Å². The average Bonchev–Trinajstić information content (AvgIpc) is 3.25. The number of aromatic nitrogens is 2. The molecule has 0 bridgehead atoms. The minimum Gasteiger partial charge on any atom is -0.454 e. The van der Waals surface area contributed by atoms with Crippen molar-refractivity contribution in [1.29, 1.82) is 0 Å². The van der Waals surface area contributed by atoms with E-state index in [0.29, 0.717) is 25.3 Å². The molecule has 2 aliphatic heterocycles. The summed E-state index contributed by atoms with van der Waals surface area (Å²) >= 11 is 0. The summed E-state index contributed by atoms with van der Waals surface area (Å²) in [4.78, 5) is 14.7. The van der Waals surface area contributed by atoms with E-state index in [1.54, 1.807) is 4.90 Å². The molecule has 0 unspecified atom stereocenters. The molecule has 2 N–H and O–H groups in total. The van der Waals surface area contributed by atoms with Gasteiger partial charge < -0.3 is 19.7 Å². The van der Waals surface area contributed by atoms with E-state index >= 15 is 0 Å². The van der Waals surface area contributed by atoms with E-state index < -0.39 is 0 Å². The first-order chi connectivity index (χ1) is 11.8. The smallest absolute Gasteiger partial charge is 0.274 e. The maximum Gasteiger partial charge on any atom is 0.274 e. The van der Waals surface area contributed by atoms with E-state index in [1.807, 2.05) is 25.1 Å². The normalized spacial score (nSPS) is 14.6. The lowest BCUT2D eigenvalue weighted by Gasteiger charge is -2.21. The SMILES string of the molecule is CCN(Cc1ccc2c(c1)OCO2)C(=O)c1n[nH]c2c1CNCC2.Cl. The van der Waals surface area contributed by atoms with Gasteiger partial charge in [-0.1, -0.05) is 6.07 Å². The summed E-state index contributed by atoms with van der Waals surface area (Å²) in [6, 6.07) is 5.78. The monoisotopic (exact) mass is 364 g/mol. The second-order valence-corrected chi connectivity index (χ2v) is 5.96. The van der Waals surface area contributed by atoms with Gasteiger partial charge in [-0.05, 0) is 24.6 Å². The number of amides is 1. The Bertz CT molecular complexity index is 777. The molecule has 0 atom stereocenters. The zero-order chi connectivity index (χ0) is 16.5. The molecule has 134 valence electrons. The molecule has 2 aromatic rings. The lowest BCUT2D eigenvalue weighted by Crippen LogP contribution is -2.32. The van der Waals surface area contributed by atoms with Crippen LogP contribution in [0.15, 0.2) is 18.2 Å². The first-order valence-electron chi connectivity index (χ1n) is 8.21. The van der Waals surface area contributed by atoms with Crippen molar-refractivity contribution in [2.24, 2.45) is 0 Å². The molecule has 0 fully saturated rings. The third kappa shape index (κ3) is 3.29. The minimum absolute atomic E-state index is 0. The molecule has 3 heterocycles. The van der Waals surface area contributed by atoms with Crippen LogP contribution in [0.1, 0.15) is 34.2 Å². The first-order valence-corrected chi connectivity index (χ1v) is 8.21. The average molecular weight is 365 g/mol. The fourth-order valence-electron chi connectivity index (χ4n) is 3.14. The number of halogens is 1. The molecule has 4 rings (SSSR count). The molecular formula is C17H21ClN4O3. The summed E-state index contributed by atoms with van der Waals surface area (Å²) in [5.74, 6) is 1.44. The maximum atomic E-state index is 12.9. The molecule has 0 aliphatic carbocycles. The number of H-pyrrole nitrogens is 1. The van der Waals surface area contributed by atoms with Gasteiger partial charge in [0.1, 0.15) is 0 Å². The van der Waals surface area contributed by atoms with Crippen LogP contribution in [0.4, 0.5) is 0 Å². The molecule has 1 aromatic heterocycles. The predicted octanol–water partition coefficient (Wildman–Crippen LogP) is 1.87. The van der Waals surface area contributed by atoms with E-state index in [2.05, 4.69) is 15.5 Å². The van der Waals surface area contributed by atoms with Crippen molar-refractivity contribution in [1.82, 2.24) is 20.4 Å². The third-order valence-corrected chi connectivity index (χ3v) is 4.49. The highest BCUT2D eigenvalue weighted by Crippen LogP contribution is 2.33. The van der Waals surface area contributed by atoms with Gasteiger partial charge in [0.05, 0.1) is 0 Å². The fraction of sp³-hybridized carbons (Fsp3) is 0.412. The Balaban J connectivity index is 0.00000182. The Morgan fingerprint density at radius 2 is 2.16 bits per heavy atom. The Labute approximate surface area is 152 Å². The molecule has 1 aromatic carbocycles. The number of carbonyl (C=O) groups excluding carboxylic acids is 1. The lowest BCUT2D eigenvalue weighted by molar-refractivity contribution is 0.0745. The van der Waals surface area contributed by atoms with Crippen LogP contribution in [0, 0.1) is 0 Å². The lowest BCUT2D eigenvalue weighted by atomic mass is 10.1. The number of hydrogen-bond acceptors (Lipinski definition) is 5. The predicted molar refractivity (Wildman–Crippen MR) is 94.2 cm³/mol. The van der Waals surface area contributed by atoms with E-state index in [9.17, 15) is 4.79 Å². The van der Waals surface area contributed by atoms with E-state index in [4.69, 9.17) is 9.47 Å². The summed E-state index contributed by atoms with van der Waals surface area (Å²) in [5.41, 5.74) is 3.60. The van der Waals surface area contributed by atoms with Gasteiger partial charge in [0.2, 0.25) is 6.79 Å². The van der Waals surface area contributed by atoms with Gasteiger partial charge in [-0.25, -0.2) is 0 Å². The number of nitrogens with one attached hydrogen (secondary N) is 2.